The summed E-state index contributed by atoms with van der Waals surface area (Å²) >= 11 is 0. The van der Waals surface area contributed by atoms with Crippen molar-refractivity contribution in [2.24, 2.45) is 0 Å². The molecule has 0 unspecified atom stereocenters. The van der Waals surface area contributed by atoms with Crippen LogP contribution in [-0.4, -0.2) is 48.2 Å². The molecular formula is C20H28N2O4. The predicted molar refractivity (Wildman–Crippen MR) is 98.8 cm³/mol. The Bertz CT molecular complexity index is 595. The van der Waals surface area contributed by atoms with Crippen molar-refractivity contribution in [1.29, 1.82) is 0 Å². The zero-order valence-corrected chi connectivity index (χ0v) is 15.4. The fourth-order valence-corrected chi connectivity index (χ4v) is 2.95. The first-order valence-electron chi connectivity index (χ1n) is 9.29. The van der Waals surface area contributed by atoms with E-state index in [2.05, 4.69) is 5.32 Å². The Morgan fingerprint density at radius 3 is 2.42 bits per heavy atom. The molecule has 0 aromatic heterocycles. The van der Waals surface area contributed by atoms with Gasteiger partial charge in [0.15, 0.2) is 0 Å². The molecule has 26 heavy (non-hydrogen) atoms. The number of benzene rings is 1. The van der Waals surface area contributed by atoms with E-state index in [1.165, 1.54) is 6.92 Å². The number of carbonyl (C=O) groups is 3. The zero-order chi connectivity index (χ0) is 18.8. The Kier molecular flexibility index (Phi) is 8.12. The molecular weight excluding hydrogens is 332 g/mol. The van der Waals surface area contributed by atoms with Gasteiger partial charge in [-0.15, -0.1) is 0 Å². The molecule has 0 saturated carbocycles. The quantitative estimate of drug-likeness (QED) is 0.686. The summed E-state index contributed by atoms with van der Waals surface area (Å²) in [6, 6.07) is 9.67. The van der Waals surface area contributed by atoms with Crippen molar-refractivity contribution in [3.8, 4) is 5.75 Å². The minimum atomic E-state index is 0.0306. The normalized spacial score (nSPS) is 14.7. The van der Waals surface area contributed by atoms with Gasteiger partial charge in [0.1, 0.15) is 11.5 Å². The minimum Gasteiger partial charge on any atom is -0.494 e. The van der Waals surface area contributed by atoms with Crippen molar-refractivity contribution in [1.82, 2.24) is 10.2 Å². The summed E-state index contributed by atoms with van der Waals surface area (Å²) in [5.41, 5.74) is 0. The van der Waals surface area contributed by atoms with E-state index >= 15 is 0 Å². The van der Waals surface area contributed by atoms with Gasteiger partial charge in [-0.3, -0.25) is 9.59 Å². The molecule has 2 rings (SSSR count). The highest BCUT2D eigenvalue weighted by molar-refractivity contribution is 5.83. The number of hydrogen-bond donors (Lipinski definition) is 1. The van der Waals surface area contributed by atoms with Gasteiger partial charge in [-0.25, -0.2) is 0 Å². The van der Waals surface area contributed by atoms with E-state index in [1.54, 1.807) is 4.90 Å². The summed E-state index contributed by atoms with van der Waals surface area (Å²) in [5, 5.41) is 3.04. The summed E-state index contributed by atoms with van der Waals surface area (Å²) in [6.45, 7) is 3.29. The number of likely N-dealkylation sites (tertiary alicyclic amines) is 1. The number of ketones is 1. The number of nitrogens with zero attached hydrogens (tertiary/aromatic N) is 1. The zero-order valence-electron chi connectivity index (χ0n) is 15.4. The van der Waals surface area contributed by atoms with Crippen LogP contribution in [0.1, 0.15) is 45.4 Å². The standard InChI is InChI=1S/C20H28N2O4/c1-16(23)9-10-20(25)22-13-11-17(12-14-22)21-19(24)8-5-15-26-18-6-3-2-4-7-18/h2-4,6-7,17H,5,8-15H2,1H3,(H,21,24). The van der Waals surface area contributed by atoms with Crippen LogP contribution in [0.5, 0.6) is 5.75 Å². The molecule has 1 aliphatic rings. The first-order valence-corrected chi connectivity index (χ1v) is 9.29. The Hall–Kier alpha value is -2.37. The van der Waals surface area contributed by atoms with Gasteiger partial charge in [0.2, 0.25) is 11.8 Å². The molecule has 1 saturated heterocycles. The monoisotopic (exact) mass is 360 g/mol. The highest BCUT2D eigenvalue weighted by Gasteiger charge is 2.23. The van der Waals surface area contributed by atoms with Crippen LogP contribution in [0.25, 0.3) is 0 Å². The van der Waals surface area contributed by atoms with E-state index in [9.17, 15) is 14.4 Å². The average molecular weight is 360 g/mol. The van der Waals surface area contributed by atoms with Crippen LogP contribution >= 0.6 is 0 Å². The second kappa shape index (κ2) is 10.6. The third kappa shape index (κ3) is 7.25. The molecule has 6 heteroatoms. The SMILES string of the molecule is CC(=O)CCC(=O)N1CCC(NC(=O)CCCOc2ccccc2)CC1. The lowest BCUT2D eigenvalue weighted by Crippen LogP contribution is -2.46. The number of Topliss-reactive ketones (excluding diaryl/α,β-unsaturated/α-hetero) is 1. The lowest BCUT2D eigenvalue weighted by molar-refractivity contribution is -0.134. The van der Waals surface area contributed by atoms with E-state index in [1.807, 2.05) is 30.3 Å². The molecule has 0 bridgehead atoms. The average Bonchev–Trinajstić information content (AvgIpc) is 2.65. The van der Waals surface area contributed by atoms with Crippen LogP contribution in [-0.2, 0) is 14.4 Å². The maximum absolute atomic E-state index is 12.0. The van der Waals surface area contributed by atoms with E-state index in [0.717, 1.165) is 18.6 Å². The van der Waals surface area contributed by atoms with Crippen LogP contribution in [0, 0.1) is 0 Å². The Labute approximate surface area is 154 Å². The Morgan fingerprint density at radius 1 is 1.08 bits per heavy atom. The number of nitrogens with one attached hydrogen (secondary N) is 1. The molecule has 1 aromatic carbocycles. The molecule has 1 aliphatic heterocycles. The van der Waals surface area contributed by atoms with Gasteiger partial charge >= 0.3 is 0 Å². The maximum Gasteiger partial charge on any atom is 0.223 e. The van der Waals surface area contributed by atoms with Crippen LogP contribution in [0.4, 0.5) is 0 Å². The number of piperidine rings is 1. The van der Waals surface area contributed by atoms with Gasteiger partial charge in [0.25, 0.3) is 0 Å². The lowest BCUT2D eigenvalue weighted by Gasteiger charge is -2.32. The number of carbonyl (C=O) groups excluding carboxylic acids is 3. The van der Waals surface area contributed by atoms with Crippen molar-refractivity contribution in [2.45, 2.75) is 51.5 Å². The molecule has 1 fully saturated rings. The largest absolute Gasteiger partial charge is 0.494 e. The molecule has 1 N–H and O–H groups in total. The summed E-state index contributed by atoms with van der Waals surface area (Å²) in [5.74, 6) is 0.914. The van der Waals surface area contributed by atoms with Crippen LogP contribution in [0.2, 0.25) is 0 Å². The molecule has 1 aromatic rings. The molecule has 0 spiro atoms. The summed E-state index contributed by atoms with van der Waals surface area (Å²) in [6.07, 6.45) is 3.22. The van der Waals surface area contributed by atoms with Crippen LogP contribution in [0.3, 0.4) is 0 Å². The summed E-state index contributed by atoms with van der Waals surface area (Å²) < 4.78 is 5.58. The molecule has 0 radical (unpaired) electrons. The fourth-order valence-electron chi connectivity index (χ4n) is 2.95. The Balaban J connectivity index is 1.57. The number of para-hydroxylation sites is 1. The topological polar surface area (TPSA) is 75.7 Å². The third-order valence-corrected chi connectivity index (χ3v) is 4.46. The molecule has 0 aliphatic carbocycles. The van der Waals surface area contributed by atoms with E-state index in [0.29, 0.717) is 39.0 Å². The van der Waals surface area contributed by atoms with Gasteiger partial charge in [0.05, 0.1) is 6.61 Å². The number of ether oxygens (including phenoxy) is 1. The first kappa shape index (κ1) is 19.9. The van der Waals surface area contributed by atoms with Crippen molar-refractivity contribution >= 4 is 17.6 Å². The van der Waals surface area contributed by atoms with Crippen molar-refractivity contribution in [3.63, 3.8) is 0 Å². The summed E-state index contributed by atoms with van der Waals surface area (Å²) in [4.78, 5) is 36.8. The molecule has 0 atom stereocenters. The van der Waals surface area contributed by atoms with Crippen molar-refractivity contribution in [2.75, 3.05) is 19.7 Å². The number of amides is 2. The highest BCUT2D eigenvalue weighted by atomic mass is 16.5. The van der Waals surface area contributed by atoms with Gasteiger partial charge in [0, 0.05) is 38.4 Å². The van der Waals surface area contributed by atoms with Gasteiger partial charge < -0.3 is 19.7 Å². The predicted octanol–water partition coefficient (Wildman–Crippen LogP) is 2.32. The molecule has 6 nitrogen and oxygen atoms in total. The number of rotatable bonds is 9. The highest BCUT2D eigenvalue weighted by Crippen LogP contribution is 2.13. The second-order valence-corrected chi connectivity index (χ2v) is 6.69. The minimum absolute atomic E-state index is 0.0306. The molecule has 142 valence electrons. The summed E-state index contributed by atoms with van der Waals surface area (Å²) in [7, 11) is 0. The van der Waals surface area contributed by atoms with E-state index in [4.69, 9.17) is 4.74 Å². The third-order valence-electron chi connectivity index (χ3n) is 4.46. The second-order valence-electron chi connectivity index (χ2n) is 6.69. The van der Waals surface area contributed by atoms with Crippen molar-refractivity contribution in [3.05, 3.63) is 30.3 Å². The van der Waals surface area contributed by atoms with Gasteiger partial charge in [-0.05, 0) is 38.3 Å². The first-order chi connectivity index (χ1) is 12.5. The van der Waals surface area contributed by atoms with Gasteiger partial charge in [-0.2, -0.15) is 0 Å². The lowest BCUT2D eigenvalue weighted by atomic mass is 10.0. The fraction of sp³-hybridized carbons (Fsp3) is 0.550. The van der Waals surface area contributed by atoms with Crippen molar-refractivity contribution < 1.29 is 19.1 Å². The van der Waals surface area contributed by atoms with E-state index < -0.39 is 0 Å². The van der Waals surface area contributed by atoms with Gasteiger partial charge in [-0.1, -0.05) is 18.2 Å². The smallest absolute Gasteiger partial charge is 0.223 e. The molecule has 1 heterocycles. The molecule has 2 amide bonds. The maximum atomic E-state index is 12.0. The van der Waals surface area contributed by atoms with Crippen LogP contribution < -0.4 is 10.1 Å². The number of hydrogen-bond acceptors (Lipinski definition) is 4. The van der Waals surface area contributed by atoms with E-state index in [-0.39, 0.29) is 30.1 Å². The van der Waals surface area contributed by atoms with Crippen LogP contribution in [0.15, 0.2) is 30.3 Å². The Morgan fingerprint density at radius 2 is 1.77 bits per heavy atom.